The molecule has 4 nitrogen and oxygen atoms in total. The highest BCUT2D eigenvalue weighted by Crippen LogP contribution is 2.19. The summed E-state index contributed by atoms with van der Waals surface area (Å²) in [7, 11) is 0. The highest BCUT2D eigenvalue weighted by molar-refractivity contribution is 5.70. The molecule has 0 aliphatic carbocycles. The Hall–Kier alpha value is -2.36. The second-order valence-electron chi connectivity index (χ2n) is 6.19. The second-order valence-corrected chi connectivity index (χ2v) is 6.19. The number of hydrogen-bond acceptors (Lipinski definition) is 3. The van der Waals surface area contributed by atoms with Crippen LogP contribution in [0.2, 0.25) is 0 Å². The molecule has 0 aliphatic rings. The van der Waals surface area contributed by atoms with Gasteiger partial charge in [0, 0.05) is 18.6 Å². The number of pyridine rings is 1. The van der Waals surface area contributed by atoms with E-state index in [-0.39, 0.29) is 12.4 Å². The predicted molar refractivity (Wildman–Crippen MR) is 85.0 cm³/mol. The molecule has 0 saturated carbocycles. The van der Waals surface area contributed by atoms with E-state index in [9.17, 15) is 10.0 Å². The molecule has 0 saturated heterocycles. The van der Waals surface area contributed by atoms with Crippen LogP contribution in [0.1, 0.15) is 32.9 Å². The molecule has 0 aliphatic heterocycles. The van der Waals surface area contributed by atoms with Crippen molar-refractivity contribution in [3.05, 3.63) is 59.6 Å². The molecule has 2 rings (SSSR count). The Morgan fingerprint density at radius 1 is 1.14 bits per heavy atom. The molecule has 0 bridgehead atoms. The molecule has 0 amide bonds. The van der Waals surface area contributed by atoms with Crippen molar-refractivity contribution in [3.63, 3.8) is 0 Å². The van der Waals surface area contributed by atoms with Crippen LogP contribution in [0, 0.1) is 5.21 Å². The number of esters is 1. The topological polar surface area (TPSA) is 53.2 Å². The summed E-state index contributed by atoms with van der Waals surface area (Å²) in [6, 6.07) is 13.4. The molecule has 116 valence electrons. The van der Waals surface area contributed by atoms with E-state index < -0.39 is 5.60 Å². The first-order valence-corrected chi connectivity index (χ1v) is 7.34. The number of nitrogens with zero attached hydrogens (tertiary/aromatic N) is 1. The lowest BCUT2D eigenvalue weighted by atomic mass is 10.0. The van der Waals surface area contributed by atoms with Crippen molar-refractivity contribution in [2.75, 3.05) is 0 Å². The quantitative estimate of drug-likeness (QED) is 0.494. The zero-order chi connectivity index (χ0) is 16.2. The third kappa shape index (κ3) is 4.58. The third-order valence-corrected chi connectivity index (χ3v) is 3.11. The fraction of sp³-hybridized carbons (Fsp3) is 0.333. The summed E-state index contributed by atoms with van der Waals surface area (Å²) in [5.41, 5.74) is 2.07. The van der Waals surface area contributed by atoms with Gasteiger partial charge in [0.15, 0.2) is 11.9 Å². The maximum Gasteiger partial charge on any atom is 0.306 e. The predicted octanol–water partition coefficient (Wildman–Crippen LogP) is 3.26. The zero-order valence-corrected chi connectivity index (χ0v) is 13.2. The molecular weight excluding hydrogens is 278 g/mol. The van der Waals surface area contributed by atoms with Crippen LogP contribution >= 0.6 is 0 Å². The fourth-order valence-electron chi connectivity index (χ4n) is 2.15. The van der Waals surface area contributed by atoms with E-state index in [1.807, 2.05) is 57.2 Å². The molecule has 1 heterocycles. The summed E-state index contributed by atoms with van der Waals surface area (Å²) in [5.74, 6) is -0.294. The molecule has 0 fully saturated rings. The summed E-state index contributed by atoms with van der Waals surface area (Å²) in [4.78, 5) is 11.8. The molecule has 1 aromatic carbocycles. The van der Waals surface area contributed by atoms with Gasteiger partial charge in [0.1, 0.15) is 5.60 Å². The van der Waals surface area contributed by atoms with Gasteiger partial charge in [0.25, 0.3) is 0 Å². The minimum Gasteiger partial charge on any atom is -0.619 e. The first kappa shape index (κ1) is 16.0. The van der Waals surface area contributed by atoms with Crippen LogP contribution in [0.5, 0.6) is 0 Å². The van der Waals surface area contributed by atoms with Crippen molar-refractivity contribution < 1.29 is 14.3 Å². The van der Waals surface area contributed by atoms with Crippen LogP contribution in [0.4, 0.5) is 0 Å². The monoisotopic (exact) mass is 299 g/mol. The molecule has 1 aromatic heterocycles. The van der Waals surface area contributed by atoms with Gasteiger partial charge in [-0.1, -0.05) is 30.3 Å². The number of rotatable bonds is 4. The maximum atomic E-state index is 11.9. The van der Waals surface area contributed by atoms with Crippen LogP contribution < -0.4 is 4.73 Å². The van der Waals surface area contributed by atoms with Gasteiger partial charge in [-0.25, -0.2) is 0 Å². The summed E-state index contributed by atoms with van der Waals surface area (Å²) < 4.78 is 6.07. The van der Waals surface area contributed by atoms with Crippen LogP contribution in [0.25, 0.3) is 11.1 Å². The number of aryl methyl sites for hydroxylation is 1. The number of ether oxygens (including phenoxy) is 1. The van der Waals surface area contributed by atoms with E-state index in [1.54, 1.807) is 6.07 Å². The Kier molecular flexibility index (Phi) is 4.81. The van der Waals surface area contributed by atoms with E-state index in [1.165, 1.54) is 6.20 Å². The van der Waals surface area contributed by atoms with E-state index in [2.05, 4.69) is 0 Å². The summed E-state index contributed by atoms with van der Waals surface area (Å²) in [5, 5.41) is 11.9. The zero-order valence-electron chi connectivity index (χ0n) is 13.2. The highest BCUT2D eigenvalue weighted by Gasteiger charge is 2.18. The molecule has 0 N–H and O–H groups in total. The van der Waals surface area contributed by atoms with E-state index in [0.717, 1.165) is 15.9 Å². The van der Waals surface area contributed by atoms with Crippen molar-refractivity contribution in [1.29, 1.82) is 0 Å². The molecule has 22 heavy (non-hydrogen) atoms. The molecule has 0 spiro atoms. The molecule has 4 heteroatoms. The first-order valence-electron chi connectivity index (χ1n) is 7.34. The van der Waals surface area contributed by atoms with Crippen LogP contribution in [-0.4, -0.2) is 11.6 Å². The molecular formula is C18H21NO3. The minimum atomic E-state index is -0.504. The fourth-order valence-corrected chi connectivity index (χ4v) is 2.15. The summed E-state index contributed by atoms with van der Waals surface area (Å²) >= 11 is 0. The SMILES string of the molecule is CC(C)(C)OC(=O)CCc1cc(-c2ccccc2)cc[n+]1[O-]. The Balaban J connectivity index is 2.10. The van der Waals surface area contributed by atoms with Crippen molar-refractivity contribution in [2.45, 2.75) is 39.2 Å². The molecule has 2 aromatic rings. The third-order valence-electron chi connectivity index (χ3n) is 3.11. The van der Waals surface area contributed by atoms with E-state index >= 15 is 0 Å². The standard InChI is InChI=1S/C18H21NO3/c1-18(2,3)22-17(20)10-9-16-13-15(11-12-19(16)21)14-7-5-4-6-8-14/h4-8,11-13H,9-10H2,1-3H3. The largest absolute Gasteiger partial charge is 0.619 e. The molecule has 0 atom stereocenters. The van der Waals surface area contributed by atoms with Gasteiger partial charge in [-0.2, -0.15) is 4.73 Å². The van der Waals surface area contributed by atoms with Crippen molar-refractivity contribution in [1.82, 2.24) is 0 Å². The maximum absolute atomic E-state index is 11.9. The van der Waals surface area contributed by atoms with Crippen molar-refractivity contribution >= 4 is 5.97 Å². The second kappa shape index (κ2) is 6.60. The van der Waals surface area contributed by atoms with Crippen LogP contribution in [0.3, 0.4) is 0 Å². The lowest BCUT2D eigenvalue weighted by Gasteiger charge is -2.19. The van der Waals surface area contributed by atoms with Gasteiger partial charge in [-0.3, -0.25) is 4.79 Å². The Labute approximate surface area is 130 Å². The number of carbonyl (C=O) groups is 1. The van der Waals surface area contributed by atoms with Gasteiger partial charge in [0.2, 0.25) is 0 Å². The smallest absolute Gasteiger partial charge is 0.306 e. The average molecular weight is 299 g/mol. The Morgan fingerprint density at radius 3 is 2.45 bits per heavy atom. The van der Waals surface area contributed by atoms with Gasteiger partial charge in [-0.05, 0) is 31.9 Å². The highest BCUT2D eigenvalue weighted by atomic mass is 16.6. The summed E-state index contributed by atoms with van der Waals surface area (Å²) in [6.45, 7) is 5.48. The lowest BCUT2D eigenvalue weighted by molar-refractivity contribution is -0.613. The molecule has 0 unspecified atom stereocenters. The first-order chi connectivity index (χ1) is 10.3. The average Bonchev–Trinajstić information content (AvgIpc) is 2.45. The number of aromatic nitrogens is 1. The van der Waals surface area contributed by atoms with Crippen molar-refractivity contribution in [2.24, 2.45) is 0 Å². The normalized spacial score (nSPS) is 11.2. The number of carbonyl (C=O) groups excluding carboxylic acids is 1. The Morgan fingerprint density at radius 2 is 1.82 bits per heavy atom. The van der Waals surface area contributed by atoms with Gasteiger partial charge in [-0.15, -0.1) is 0 Å². The number of hydrogen-bond donors (Lipinski definition) is 0. The Bertz CT molecular complexity index is 645. The lowest BCUT2D eigenvalue weighted by Crippen LogP contribution is -2.32. The summed E-state index contributed by atoms with van der Waals surface area (Å²) in [6.07, 6.45) is 2.03. The minimum absolute atomic E-state index is 0.192. The van der Waals surface area contributed by atoms with E-state index in [4.69, 9.17) is 4.74 Å². The van der Waals surface area contributed by atoms with Crippen LogP contribution in [-0.2, 0) is 16.0 Å². The van der Waals surface area contributed by atoms with Gasteiger partial charge >= 0.3 is 5.97 Å². The van der Waals surface area contributed by atoms with Crippen molar-refractivity contribution in [3.8, 4) is 11.1 Å². The molecule has 0 radical (unpaired) electrons. The van der Waals surface area contributed by atoms with E-state index in [0.29, 0.717) is 12.1 Å². The number of benzene rings is 1. The van der Waals surface area contributed by atoms with Gasteiger partial charge < -0.3 is 9.94 Å². The van der Waals surface area contributed by atoms with Crippen LogP contribution in [0.15, 0.2) is 48.7 Å². The van der Waals surface area contributed by atoms with Gasteiger partial charge in [0.05, 0.1) is 6.42 Å².